The molecule has 1 atom stereocenters. The first-order chi connectivity index (χ1) is 14.3. The summed E-state index contributed by atoms with van der Waals surface area (Å²) in [5.41, 5.74) is 1.71. The normalized spacial score (nSPS) is 14.7. The first kappa shape index (κ1) is 22.0. The predicted octanol–water partition coefficient (Wildman–Crippen LogP) is 2.59. The molecule has 0 saturated heterocycles. The van der Waals surface area contributed by atoms with Crippen LogP contribution >= 0.6 is 0 Å². The Morgan fingerprint density at radius 3 is 2.37 bits per heavy atom. The molecule has 1 fully saturated rings. The number of hydrogen-bond donors (Lipinski definition) is 3. The van der Waals surface area contributed by atoms with Crippen molar-refractivity contribution >= 4 is 21.8 Å². The molecule has 2 amide bonds. The smallest absolute Gasteiger partial charge is 0.251 e. The van der Waals surface area contributed by atoms with Crippen molar-refractivity contribution in [1.29, 1.82) is 0 Å². The summed E-state index contributed by atoms with van der Waals surface area (Å²) in [6.45, 7) is 4.20. The molecule has 2 aromatic carbocycles. The van der Waals surface area contributed by atoms with Crippen LogP contribution in [0.3, 0.4) is 0 Å². The van der Waals surface area contributed by atoms with Crippen molar-refractivity contribution in [3.8, 4) is 0 Å². The topological polar surface area (TPSA) is 104 Å². The highest BCUT2D eigenvalue weighted by molar-refractivity contribution is 7.89. The van der Waals surface area contributed by atoms with E-state index in [4.69, 9.17) is 0 Å². The zero-order valence-electron chi connectivity index (χ0n) is 17.1. The average molecular weight is 430 g/mol. The lowest BCUT2D eigenvalue weighted by Gasteiger charge is -2.12. The van der Waals surface area contributed by atoms with Gasteiger partial charge in [0, 0.05) is 29.8 Å². The minimum Gasteiger partial charge on any atom is -0.350 e. The van der Waals surface area contributed by atoms with Crippen molar-refractivity contribution in [3.05, 3.63) is 65.2 Å². The van der Waals surface area contributed by atoms with Crippen molar-refractivity contribution < 1.29 is 18.0 Å². The molecular formula is C22H27N3O4S. The van der Waals surface area contributed by atoms with E-state index in [9.17, 15) is 18.0 Å². The van der Waals surface area contributed by atoms with Gasteiger partial charge in [-0.1, -0.05) is 19.1 Å². The number of rotatable bonds is 9. The summed E-state index contributed by atoms with van der Waals surface area (Å²) in [4.78, 5) is 24.8. The van der Waals surface area contributed by atoms with Crippen LogP contribution in [0.4, 0.5) is 0 Å². The Hall–Kier alpha value is -2.71. The van der Waals surface area contributed by atoms with Gasteiger partial charge in [0.2, 0.25) is 10.0 Å². The number of carbonyl (C=O) groups is 2. The maximum atomic E-state index is 12.4. The first-order valence-corrected chi connectivity index (χ1v) is 11.6. The molecule has 0 radical (unpaired) electrons. The maximum Gasteiger partial charge on any atom is 0.251 e. The second-order valence-electron chi connectivity index (χ2n) is 7.59. The number of hydrogen-bond acceptors (Lipinski definition) is 4. The minimum atomic E-state index is -3.54. The molecule has 1 aliphatic rings. The molecule has 1 aliphatic carbocycles. The van der Waals surface area contributed by atoms with E-state index >= 15 is 0 Å². The monoisotopic (exact) mass is 429 g/mol. The first-order valence-electron chi connectivity index (χ1n) is 10.1. The zero-order chi connectivity index (χ0) is 21.7. The fraction of sp³-hybridized carbons (Fsp3) is 0.364. The van der Waals surface area contributed by atoms with Crippen molar-refractivity contribution in [1.82, 2.24) is 15.4 Å². The molecule has 3 N–H and O–H groups in total. The van der Waals surface area contributed by atoms with Crippen LogP contribution in [0.15, 0.2) is 53.4 Å². The van der Waals surface area contributed by atoms with Crippen LogP contribution in [0.1, 0.15) is 59.4 Å². The summed E-state index contributed by atoms with van der Waals surface area (Å²) in [5, 5.41) is 5.71. The van der Waals surface area contributed by atoms with E-state index in [1.54, 1.807) is 18.2 Å². The van der Waals surface area contributed by atoms with Gasteiger partial charge >= 0.3 is 0 Å². The van der Waals surface area contributed by atoms with Gasteiger partial charge in [0.25, 0.3) is 11.8 Å². The van der Waals surface area contributed by atoms with Crippen molar-refractivity contribution in [2.75, 3.05) is 0 Å². The highest BCUT2D eigenvalue weighted by Crippen LogP contribution is 2.22. The van der Waals surface area contributed by atoms with Crippen LogP contribution in [-0.2, 0) is 16.6 Å². The Bertz CT molecular complexity index is 1010. The van der Waals surface area contributed by atoms with Crippen LogP contribution < -0.4 is 15.4 Å². The lowest BCUT2D eigenvalue weighted by Crippen LogP contribution is -2.32. The summed E-state index contributed by atoms with van der Waals surface area (Å²) in [7, 11) is -3.54. The van der Waals surface area contributed by atoms with Gasteiger partial charge in [0.05, 0.1) is 4.90 Å². The molecule has 1 saturated carbocycles. The van der Waals surface area contributed by atoms with Crippen LogP contribution in [0.25, 0.3) is 0 Å². The number of carbonyl (C=O) groups excluding carboxylic acids is 2. The SMILES string of the molecule is CCC(C)NC(=O)c1cccc(CNC(=O)c2ccc(S(=O)(=O)NC3CC3)cc2)c1. The summed E-state index contributed by atoms with van der Waals surface area (Å²) >= 11 is 0. The Balaban J connectivity index is 1.59. The molecule has 30 heavy (non-hydrogen) atoms. The summed E-state index contributed by atoms with van der Waals surface area (Å²) < 4.78 is 27.0. The molecular weight excluding hydrogens is 402 g/mol. The Kier molecular flexibility index (Phi) is 6.89. The van der Waals surface area contributed by atoms with E-state index in [-0.39, 0.29) is 35.3 Å². The third-order valence-electron chi connectivity index (χ3n) is 4.96. The lowest BCUT2D eigenvalue weighted by molar-refractivity contribution is 0.0936. The number of amides is 2. The third-order valence-corrected chi connectivity index (χ3v) is 6.49. The summed E-state index contributed by atoms with van der Waals surface area (Å²) in [5.74, 6) is -0.460. The standard InChI is InChI=1S/C22H27N3O4S/c1-3-15(2)24-22(27)18-6-4-5-16(13-18)14-23-21(26)17-7-11-20(12-8-17)30(28,29)25-19-9-10-19/h4-8,11-13,15,19,25H,3,9-10,14H2,1-2H3,(H,23,26)(H,24,27). The largest absolute Gasteiger partial charge is 0.350 e. The Labute approximate surface area is 177 Å². The molecule has 0 spiro atoms. The molecule has 8 heteroatoms. The van der Waals surface area contributed by atoms with Crippen LogP contribution in [0, 0.1) is 0 Å². The lowest BCUT2D eigenvalue weighted by atomic mass is 10.1. The van der Waals surface area contributed by atoms with Crippen molar-refractivity contribution in [3.63, 3.8) is 0 Å². The van der Waals surface area contributed by atoms with Crippen molar-refractivity contribution in [2.45, 2.75) is 56.6 Å². The minimum absolute atomic E-state index is 0.0287. The Morgan fingerprint density at radius 1 is 1.03 bits per heavy atom. The molecule has 2 aromatic rings. The van der Waals surface area contributed by atoms with Crippen LogP contribution in [-0.4, -0.2) is 32.3 Å². The van der Waals surface area contributed by atoms with Crippen molar-refractivity contribution in [2.24, 2.45) is 0 Å². The highest BCUT2D eigenvalue weighted by atomic mass is 32.2. The summed E-state index contributed by atoms with van der Waals surface area (Å²) in [6.07, 6.45) is 2.57. The maximum absolute atomic E-state index is 12.4. The van der Waals surface area contributed by atoms with Crippen LogP contribution in [0.5, 0.6) is 0 Å². The second-order valence-corrected chi connectivity index (χ2v) is 9.30. The van der Waals surface area contributed by atoms with Crippen LogP contribution in [0.2, 0.25) is 0 Å². The second kappa shape index (κ2) is 9.40. The van der Waals surface area contributed by atoms with E-state index in [2.05, 4.69) is 15.4 Å². The van der Waals surface area contributed by atoms with E-state index < -0.39 is 10.0 Å². The highest BCUT2D eigenvalue weighted by Gasteiger charge is 2.27. The molecule has 0 bridgehead atoms. The fourth-order valence-electron chi connectivity index (χ4n) is 2.79. The molecule has 0 aromatic heterocycles. The molecule has 0 aliphatic heterocycles. The molecule has 7 nitrogen and oxygen atoms in total. The molecule has 160 valence electrons. The number of nitrogens with one attached hydrogen (secondary N) is 3. The van der Waals surface area contributed by atoms with Gasteiger partial charge < -0.3 is 10.6 Å². The van der Waals surface area contributed by atoms with E-state index in [1.807, 2.05) is 19.9 Å². The van der Waals surface area contributed by atoms with E-state index in [0.29, 0.717) is 11.1 Å². The molecule has 0 heterocycles. The average Bonchev–Trinajstić information content (AvgIpc) is 3.55. The Morgan fingerprint density at radius 2 is 1.73 bits per heavy atom. The summed E-state index contributed by atoms with van der Waals surface area (Å²) in [6, 6.07) is 13.1. The van der Waals surface area contributed by atoms with E-state index in [0.717, 1.165) is 24.8 Å². The van der Waals surface area contributed by atoms with Gasteiger partial charge in [0.1, 0.15) is 0 Å². The van der Waals surface area contributed by atoms with Gasteiger partial charge in [-0.2, -0.15) is 0 Å². The molecule has 1 unspecified atom stereocenters. The van der Waals surface area contributed by atoms with Gasteiger partial charge in [0.15, 0.2) is 0 Å². The van der Waals surface area contributed by atoms with Gasteiger partial charge in [-0.15, -0.1) is 0 Å². The molecule has 3 rings (SSSR count). The quantitative estimate of drug-likeness (QED) is 0.570. The van der Waals surface area contributed by atoms with Gasteiger partial charge in [-0.05, 0) is 68.1 Å². The third kappa shape index (κ3) is 5.90. The fourth-order valence-corrected chi connectivity index (χ4v) is 4.10. The van der Waals surface area contributed by atoms with Gasteiger partial charge in [-0.25, -0.2) is 13.1 Å². The van der Waals surface area contributed by atoms with E-state index in [1.165, 1.54) is 24.3 Å². The number of benzene rings is 2. The van der Waals surface area contributed by atoms with Gasteiger partial charge in [-0.3, -0.25) is 9.59 Å². The zero-order valence-corrected chi connectivity index (χ0v) is 18.0. The number of sulfonamides is 1. The predicted molar refractivity (Wildman–Crippen MR) is 115 cm³/mol.